The van der Waals surface area contributed by atoms with E-state index in [0.717, 1.165) is 0 Å². The minimum atomic E-state index is -4.38. The lowest BCUT2D eigenvalue weighted by molar-refractivity contribution is -0.137. The van der Waals surface area contributed by atoms with Crippen LogP contribution in [0.15, 0.2) is 30.3 Å². The number of hydroxylamine groups is 1. The molecule has 100 valence electrons. The molecule has 0 radical (unpaired) electrons. The smallest absolute Gasteiger partial charge is 0.379 e. The van der Waals surface area contributed by atoms with Gasteiger partial charge in [-0.15, -0.1) is 0 Å². The molecular formula is C10H13ClNO5P. The number of hydrogen-bond donors (Lipinski definition) is 1. The van der Waals surface area contributed by atoms with Gasteiger partial charge in [0.25, 0.3) is 0 Å². The second-order valence-electron chi connectivity index (χ2n) is 3.38. The molecule has 1 rings (SSSR count). The molecule has 1 N–H and O–H groups in total. The molecule has 0 heterocycles. The van der Waals surface area contributed by atoms with E-state index >= 15 is 0 Å². The molecule has 0 aliphatic carbocycles. The highest BCUT2D eigenvalue weighted by Gasteiger charge is 2.29. The summed E-state index contributed by atoms with van der Waals surface area (Å²) in [6.45, 7) is -2.91. The molecule has 0 aliphatic rings. The molecule has 8 heteroatoms. The largest absolute Gasteiger partial charge is 0.476 e. The minimum Gasteiger partial charge on any atom is -0.379 e. The van der Waals surface area contributed by atoms with Gasteiger partial charge < -0.3 is 9.42 Å². The van der Waals surface area contributed by atoms with Gasteiger partial charge in [-0.05, 0) is 19.1 Å². The maximum Gasteiger partial charge on any atom is 0.476 e. The Bertz CT molecular complexity index is 449. The van der Waals surface area contributed by atoms with Crippen molar-refractivity contribution in [2.45, 2.75) is 13.0 Å². The van der Waals surface area contributed by atoms with Crippen molar-refractivity contribution in [1.82, 2.24) is 0 Å². The zero-order valence-corrected chi connectivity index (χ0v) is 11.5. The van der Waals surface area contributed by atoms with Gasteiger partial charge in [0.2, 0.25) is 0 Å². The van der Waals surface area contributed by atoms with Crippen LogP contribution in [0.4, 0.5) is 5.69 Å². The van der Waals surface area contributed by atoms with Crippen LogP contribution in [0.3, 0.4) is 0 Å². The van der Waals surface area contributed by atoms with Gasteiger partial charge in [-0.25, -0.2) is 14.4 Å². The van der Waals surface area contributed by atoms with Crippen molar-refractivity contribution in [2.24, 2.45) is 0 Å². The van der Waals surface area contributed by atoms with Crippen molar-refractivity contribution in [2.75, 3.05) is 12.2 Å². The van der Waals surface area contributed by atoms with Crippen molar-refractivity contribution in [1.29, 1.82) is 0 Å². The van der Waals surface area contributed by atoms with Gasteiger partial charge in [-0.1, -0.05) is 18.2 Å². The number of anilines is 1. The topological polar surface area (TPSA) is 76.1 Å². The van der Waals surface area contributed by atoms with E-state index in [-0.39, 0.29) is 0 Å². The summed E-state index contributed by atoms with van der Waals surface area (Å²) in [4.78, 5) is 25.4. The molecule has 0 aromatic heterocycles. The Morgan fingerprint density at radius 2 is 2.00 bits per heavy atom. The van der Waals surface area contributed by atoms with Gasteiger partial charge in [0.05, 0.1) is 12.8 Å². The predicted octanol–water partition coefficient (Wildman–Crippen LogP) is 2.33. The number of carbonyl (C=O) groups excluding carboxylic acids is 1. The lowest BCUT2D eigenvalue weighted by atomic mass is 10.2. The summed E-state index contributed by atoms with van der Waals surface area (Å²) in [7, 11) is 1.37. The van der Waals surface area contributed by atoms with E-state index in [0.29, 0.717) is 5.69 Å². The number of para-hydroxylation sites is 1. The Kier molecular flexibility index (Phi) is 5.16. The van der Waals surface area contributed by atoms with E-state index < -0.39 is 19.0 Å². The van der Waals surface area contributed by atoms with E-state index in [1.807, 2.05) is 0 Å². The second kappa shape index (κ2) is 6.20. The normalized spacial score (nSPS) is 15.6. The van der Waals surface area contributed by atoms with Crippen molar-refractivity contribution in [3.8, 4) is 0 Å². The zero-order valence-electron chi connectivity index (χ0n) is 9.82. The molecule has 1 aromatic carbocycles. The van der Waals surface area contributed by atoms with Gasteiger partial charge in [0, 0.05) is 11.2 Å². The zero-order chi connectivity index (χ0) is 13.8. The summed E-state index contributed by atoms with van der Waals surface area (Å²) in [5.74, 6) is -0.957. The van der Waals surface area contributed by atoms with Gasteiger partial charge in [-0.2, -0.15) is 0 Å². The first-order valence-electron chi connectivity index (χ1n) is 4.99. The van der Waals surface area contributed by atoms with E-state index in [1.165, 1.54) is 19.1 Å². The fourth-order valence-electron chi connectivity index (χ4n) is 1.35. The Morgan fingerprint density at radius 3 is 2.44 bits per heavy atom. The second-order valence-corrected chi connectivity index (χ2v) is 5.75. The van der Waals surface area contributed by atoms with Crippen LogP contribution in [-0.2, 0) is 18.7 Å². The summed E-state index contributed by atoms with van der Waals surface area (Å²) in [5.41, 5.74) is 0.604. The average molecular weight is 294 g/mol. The summed E-state index contributed by atoms with van der Waals surface area (Å²) in [6, 6.07) is 7.84. The Labute approximate surface area is 109 Å². The highest BCUT2D eigenvalue weighted by atomic mass is 35.7. The number of benzene rings is 1. The van der Waals surface area contributed by atoms with Crippen LogP contribution < -0.4 is 5.06 Å². The van der Waals surface area contributed by atoms with Crippen LogP contribution in [0.25, 0.3) is 0 Å². The lowest BCUT2D eigenvalue weighted by Gasteiger charge is -2.26. The van der Waals surface area contributed by atoms with Crippen molar-refractivity contribution >= 4 is 29.8 Å². The quantitative estimate of drug-likeness (QED) is 0.663. The van der Waals surface area contributed by atoms with Crippen LogP contribution in [0, 0.1) is 0 Å². The number of hydrogen-bond acceptors (Lipinski definition) is 5. The first kappa shape index (κ1) is 15.0. The van der Waals surface area contributed by atoms with Crippen LogP contribution in [-0.4, -0.2) is 24.0 Å². The molecular weight excluding hydrogens is 281 g/mol. The molecule has 1 aromatic rings. The first-order valence-corrected chi connectivity index (χ1v) is 7.47. The Hall–Kier alpha value is -1.07. The summed E-state index contributed by atoms with van der Waals surface area (Å²) < 4.78 is 15.0. The first-order chi connectivity index (χ1) is 8.35. The monoisotopic (exact) mass is 293 g/mol. The molecule has 18 heavy (non-hydrogen) atoms. The SMILES string of the molecule is CON(c1ccccc1)[C@@H](C)C(=O)OP(=O)(O)Cl. The van der Waals surface area contributed by atoms with E-state index in [4.69, 9.17) is 21.0 Å². The summed E-state index contributed by atoms with van der Waals surface area (Å²) in [5, 5.41) is 1.24. The van der Waals surface area contributed by atoms with Crippen LogP contribution >= 0.6 is 18.2 Å². The Morgan fingerprint density at radius 1 is 1.44 bits per heavy atom. The number of halogens is 1. The molecule has 0 amide bonds. The molecule has 0 fully saturated rings. The minimum absolute atomic E-state index is 0.604. The van der Waals surface area contributed by atoms with Gasteiger partial charge in [0.1, 0.15) is 0 Å². The number of nitrogens with zero attached hydrogens (tertiary/aromatic N) is 1. The van der Waals surface area contributed by atoms with Crippen LogP contribution in [0.1, 0.15) is 6.92 Å². The maximum atomic E-state index is 11.6. The highest BCUT2D eigenvalue weighted by molar-refractivity contribution is 7.80. The van der Waals surface area contributed by atoms with E-state index in [1.54, 1.807) is 30.3 Å². The number of carbonyl (C=O) groups is 1. The molecule has 0 spiro atoms. The Balaban J connectivity index is 2.83. The van der Waals surface area contributed by atoms with E-state index in [2.05, 4.69) is 4.52 Å². The maximum absolute atomic E-state index is 11.6. The molecule has 0 saturated carbocycles. The average Bonchev–Trinajstić information content (AvgIpc) is 2.29. The summed E-state index contributed by atoms with van der Waals surface area (Å²) >= 11 is 4.97. The van der Waals surface area contributed by atoms with Crippen LogP contribution in [0.2, 0.25) is 0 Å². The highest BCUT2D eigenvalue weighted by Crippen LogP contribution is 2.47. The number of rotatable bonds is 5. The lowest BCUT2D eigenvalue weighted by Crippen LogP contribution is -2.38. The third kappa shape index (κ3) is 4.31. The fraction of sp³-hybridized carbons (Fsp3) is 0.300. The molecule has 6 nitrogen and oxygen atoms in total. The van der Waals surface area contributed by atoms with Crippen molar-refractivity contribution in [3.05, 3.63) is 30.3 Å². The summed E-state index contributed by atoms with van der Waals surface area (Å²) in [6.07, 6.45) is 0. The van der Waals surface area contributed by atoms with Gasteiger partial charge in [-0.3, -0.25) is 4.84 Å². The van der Waals surface area contributed by atoms with Crippen molar-refractivity contribution in [3.63, 3.8) is 0 Å². The van der Waals surface area contributed by atoms with Gasteiger partial charge in [0.15, 0.2) is 6.04 Å². The van der Waals surface area contributed by atoms with Crippen LogP contribution in [0.5, 0.6) is 0 Å². The van der Waals surface area contributed by atoms with Gasteiger partial charge >= 0.3 is 12.9 Å². The fourth-order valence-corrected chi connectivity index (χ4v) is 1.92. The standard InChI is InChI=1S/C10H13ClNO5P/c1-8(10(13)17-18(11,14)15)12(16-2)9-6-4-3-5-7-9/h3-8H,1-2H3,(H,14,15)/t8-/m0/s1. The molecule has 0 saturated heterocycles. The third-order valence-electron chi connectivity index (χ3n) is 2.10. The van der Waals surface area contributed by atoms with E-state index in [9.17, 15) is 9.36 Å². The predicted molar refractivity (Wildman–Crippen MR) is 67.2 cm³/mol. The molecule has 2 atom stereocenters. The van der Waals surface area contributed by atoms with Crippen molar-refractivity contribution < 1.29 is 23.6 Å². The molecule has 0 bridgehead atoms. The molecule has 0 aliphatic heterocycles. The molecule has 1 unspecified atom stereocenters. The third-order valence-corrected chi connectivity index (χ3v) is 2.71.